The predicted molar refractivity (Wildman–Crippen MR) is 179 cm³/mol. The molecule has 228 valence electrons. The summed E-state index contributed by atoms with van der Waals surface area (Å²) in [5.74, 6) is 0. The van der Waals surface area contributed by atoms with E-state index in [1.54, 1.807) is 16.7 Å². The average molecular weight is 542 g/mol. The van der Waals surface area contributed by atoms with Crippen molar-refractivity contribution >= 4 is 5.69 Å². The van der Waals surface area contributed by atoms with Crippen LogP contribution in [0, 0.1) is 0 Å². The Labute approximate surface area is 246 Å². The minimum absolute atomic E-state index is 1.18. The van der Waals surface area contributed by atoms with Crippen molar-refractivity contribution in [2.75, 3.05) is 5.73 Å². The number of hydrogen-bond donors (Lipinski definition) is 1. The second-order valence-electron chi connectivity index (χ2n) is 12.6. The van der Waals surface area contributed by atoms with E-state index in [1.807, 2.05) is 0 Å². The maximum absolute atomic E-state index is 7.06. The molecule has 0 radical (unpaired) electrons. The number of unbranched alkanes of at least 4 members (excludes halogenated alkanes) is 20. The van der Waals surface area contributed by atoms with Gasteiger partial charge in [-0.25, -0.2) is 0 Å². The van der Waals surface area contributed by atoms with Gasteiger partial charge in [-0.3, -0.25) is 0 Å². The molecular weight excluding hydrogens is 470 g/mol. The average Bonchev–Trinajstić information content (AvgIpc) is 2.94. The lowest BCUT2D eigenvalue weighted by molar-refractivity contribution is 0.592. The van der Waals surface area contributed by atoms with E-state index in [9.17, 15) is 0 Å². The fourth-order valence-electron chi connectivity index (χ4n) is 6.31. The number of rotatable bonds is 28. The Bertz CT molecular complexity index is 676. The first-order chi connectivity index (χ1) is 19.2. The Morgan fingerprint density at radius 2 is 0.667 bits per heavy atom. The standard InChI is InChI=1S/C38H71N/c1-5-9-13-17-21-25-29-34-33-35(30-26-22-18-14-10-6-2)38(39)37(32-28-24-20-16-12-8-4)36(34)31-27-23-19-15-11-7-3/h33H,5-32,39H2,1-4H3. The minimum atomic E-state index is 1.18. The first kappa shape index (κ1) is 36.0. The van der Waals surface area contributed by atoms with Gasteiger partial charge in [-0.15, -0.1) is 0 Å². The monoisotopic (exact) mass is 542 g/mol. The van der Waals surface area contributed by atoms with E-state index in [4.69, 9.17) is 5.73 Å². The van der Waals surface area contributed by atoms with Crippen molar-refractivity contribution in [3.63, 3.8) is 0 Å². The van der Waals surface area contributed by atoms with E-state index >= 15 is 0 Å². The molecule has 2 N–H and O–H groups in total. The summed E-state index contributed by atoms with van der Waals surface area (Å²) >= 11 is 0. The van der Waals surface area contributed by atoms with Gasteiger partial charge in [-0.1, -0.05) is 162 Å². The zero-order valence-corrected chi connectivity index (χ0v) is 27.5. The molecule has 0 fully saturated rings. The van der Waals surface area contributed by atoms with Crippen LogP contribution in [-0.4, -0.2) is 0 Å². The van der Waals surface area contributed by atoms with E-state index in [0.29, 0.717) is 0 Å². The SMILES string of the molecule is CCCCCCCCc1cc(CCCCCCCC)c(CCCCCCCC)c(CCCCCCCC)c1N. The number of aryl methyl sites for hydroxylation is 2. The minimum Gasteiger partial charge on any atom is -0.398 e. The highest BCUT2D eigenvalue weighted by Gasteiger charge is 2.16. The van der Waals surface area contributed by atoms with Gasteiger partial charge in [0, 0.05) is 5.69 Å². The molecule has 0 saturated carbocycles. The number of benzene rings is 1. The van der Waals surface area contributed by atoms with Crippen molar-refractivity contribution in [1.29, 1.82) is 0 Å². The summed E-state index contributed by atoms with van der Waals surface area (Å²) in [7, 11) is 0. The van der Waals surface area contributed by atoms with Gasteiger partial charge in [0.25, 0.3) is 0 Å². The molecule has 0 heterocycles. The summed E-state index contributed by atoms with van der Waals surface area (Å²) in [6.07, 6.45) is 37.8. The molecule has 1 aromatic carbocycles. The van der Waals surface area contributed by atoms with Gasteiger partial charge in [-0.05, 0) is 73.6 Å². The van der Waals surface area contributed by atoms with E-state index in [0.717, 1.165) is 0 Å². The van der Waals surface area contributed by atoms with Crippen molar-refractivity contribution in [3.8, 4) is 0 Å². The van der Waals surface area contributed by atoms with Crippen LogP contribution in [0.3, 0.4) is 0 Å². The third-order valence-corrected chi connectivity index (χ3v) is 8.93. The largest absolute Gasteiger partial charge is 0.398 e. The first-order valence-electron chi connectivity index (χ1n) is 18.1. The van der Waals surface area contributed by atoms with Crippen LogP contribution in [0.1, 0.15) is 204 Å². The Kier molecular flexibility index (Phi) is 24.0. The molecule has 1 nitrogen and oxygen atoms in total. The lowest BCUT2D eigenvalue weighted by Crippen LogP contribution is -2.10. The molecule has 39 heavy (non-hydrogen) atoms. The number of nitrogens with two attached hydrogens (primary N) is 1. The van der Waals surface area contributed by atoms with Crippen LogP contribution in [0.15, 0.2) is 6.07 Å². The van der Waals surface area contributed by atoms with E-state index < -0.39 is 0 Å². The first-order valence-corrected chi connectivity index (χ1v) is 18.1. The smallest absolute Gasteiger partial charge is 0.0382 e. The summed E-state index contributed by atoms with van der Waals surface area (Å²) < 4.78 is 0. The zero-order chi connectivity index (χ0) is 28.4. The molecule has 0 aliphatic rings. The van der Waals surface area contributed by atoms with E-state index in [1.165, 1.54) is 191 Å². The van der Waals surface area contributed by atoms with Gasteiger partial charge in [0.05, 0.1) is 0 Å². The summed E-state index contributed by atoms with van der Waals surface area (Å²) in [6.45, 7) is 9.26. The number of nitrogen functional groups attached to an aromatic ring is 1. The lowest BCUT2D eigenvalue weighted by atomic mass is 9.85. The third-order valence-electron chi connectivity index (χ3n) is 8.93. The Morgan fingerprint density at radius 1 is 0.359 bits per heavy atom. The molecule has 0 amide bonds. The van der Waals surface area contributed by atoms with Crippen LogP contribution in [0.4, 0.5) is 5.69 Å². The highest BCUT2D eigenvalue weighted by molar-refractivity contribution is 5.60. The van der Waals surface area contributed by atoms with Gasteiger partial charge in [0.1, 0.15) is 0 Å². The van der Waals surface area contributed by atoms with Crippen molar-refractivity contribution in [2.45, 2.75) is 207 Å². The van der Waals surface area contributed by atoms with Gasteiger partial charge < -0.3 is 5.73 Å². The summed E-state index contributed by atoms with van der Waals surface area (Å²) in [5, 5.41) is 0. The topological polar surface area (TPSA) is 26.0 Å². The highest BCUT2D eigenvalue weighted by atomic mass is 14.6. The zero-order valence-electron chi connectivity index (χ0n) is 27.5. The van der Waals surface area contributed by atoms with Crippen LogP contribution >= 0.6 is 0 Å². The molecule has 0 saturated heterocycles. The van der Waals surface area contributed by atoms with Crippen LogP contribution < -0.4 is 5.73 Å². The summed E-state index contributed by atoms with van der Waals surface area (Å²) in [4.78, 5) is 0. The number of anilines is 1. The van der Waals surface area contributed by atoms with Gasteiger partial charge in [-0.2, -0.15) is 0 Å². The van der Waals surface area contributed by atoms with Gasteiger partial charge in [0.15, 0.2) is 0 Å². The number of hydrogen-bond acceptors (Lipinski definition) is 1. The molecule has 0 bridgehead atoms. The van der Waals surface area contributed by atoms with Crippen LogP contribution in [0.25, 0.3) is 0 Å². The van der Waals surface area contributed by atoms with Crippen LogP contribution in [-0.2, 0) is 25.7 Å². The van der Waals surface area contributed by atoms with Crippen molar-refractivity contribution in [3.05, 3.63) is 28.3 Å². The fraction of sp³-hybridized carbons (Fsp3) is 0.842. The molecule has 0 aliphatic carbocycles. The Balaban J connectivity index is 3.01. The van der Waals surface area contributed by atoms with Crippen molar-refractivity contribution in [1.82, 2.24) is 0 Å². The van der Waals surface area contributed by atoms with Gasteiger partial charge in [0.2, 0.25) is 0 Å². The van der Waals surface area contributed by atoms with Crippen LogP contribution in [0.2, 0.25) is 0 Å². The summed E-state index contributed by atoms with van der Waals surface area (Å²) in [5.41, 5.74) is 14.7. The molecule has 1 heteroatoms. The second kappa shape index (κ2) is 26.0. The normalized spacial score (nSPS) is 11.5. The van der Waals surface area contributed by atoms with Crippen molar-refractivity contribution in [2.24, 2.45) is 0 Å². The predicted octanol–water partition coefficient (Wildman–Crippen LogP) is 12.9. The molecule has 0 aliphatic heterocycles. The third kappa shape index (κ3) is 17.4. The maximum Gasteiger partial charge on any atom is 0.0382 e. The Hall–Kier alpha value is -0.980. The molecule has 1 aromatic rings. The highest BCUT2D eigenvalue weighted by Crippen LogP contribution is 2.32. The lowest BCUT2D eigenvalue weighted by Gasteiger charge is -2.21. The second-order valence-corrected chi connectivity index (χ2v) is 12.6. The summed E-state index contributed by atoms with van der Waals surface area (Å²) in [6, 6.07) is 2.59. The van der Waals surface area contributed by atoms with Crippen LogP contribution in [0.5, 0.6) is 0 Å². The maximum atomic E-state index is 7.06. The quantitative estimate of drug-likeness (QED) is 0.0828. The molecule has 0 atom stereocenters. The van der Waals surface area contributed by atoms with Crippen molar-refractivity contribution < 1.29 is 0 Å². The fourth-order valence-corrected chi connectivity index (χ4v) is 6.31. The van der Waals surface area contributed by atoms with E-state index in [-0.39, 0.29) is 0 Å². The molecule has 0 spiro atoms. The van der Waals surface area contributed by atoms with E-state index in [2.05, 4.69) is 33.8 Å². The molecule has 0 aromatic heterocycles. The molecular formula is C38H71N. The Morgan fingerprint density at radius 3 is 1.08 bits per heavy atom. The molecule has 1 rings (SSSR count). The van der Waals surface area contributed by atoms with Gasteiger partial charge >= 0.3 is 0 Å². The molecule has 0 unspecified atom stereocenters.